The fourth-order valence-electron chi connectivity index (χ4n) is 3.05. The molecule has 1 atom stereocenters. The van der Waals surface area contributed by atoms with Gasteiger partial charge in [0.1, 0.15) is 0 Å². The van der Waals surface area contributed by atoms with Crippen molar-refractivity contribution >= 4 is 11.8 Å². The van der Waals surface area contributed by atoms with Crippen molar-refractivity contribution < 1.29 is 9.59 Å². The number of likely N-dealkylation sites (tertiary alicyclic amines) is 2. The number of unbranched alkanes of at least 4 members (excludes halogenated alkanes) is 1. The number of amides is 2. The van der Waals surface area contributed by atoms with Crippen LogP contribution in [-0.2, 0) is 9.59 Å². The Kier molecular flexibility index (Phi) is 5.23. The highest BCUT2D eigenvalue weighted by Gasteiger charge is 2.36. The van der Waals surface area contributed by atoms with E-state index in [2.05, 4.69) is 6.92 Å². The molecule has 4 heteroatoms. The topological polar surface area (TPSA) is 40.6 Å². The fourth-order valence-corrected chi connectivity index (χ4v) is 3.05. The third-order valence-electron chi connectivity index (χ3n) is 4.26. The van der Waals surface area contributed by atoms with Gasteiger partial charge in [-0.3, -0.25) is 9.59 Å². The van der Waals surface area contributed by atoms with E-state index in [1.807, 2.05) is 9.80 Å². The predicted molar refractivity (Wildman–Crippen MR) is 74.6 cm³/mol. The Labute approximate surface area is 116 Å². The van der Waals surface area contributed by atoms with Gasteiger partial charge in [-0.2, -0.15) is 0 Å². The van der Waals surface area contributed by atoms with E-state index in [1.54, 1.807) is 0 Å². The largest absolute Gasteiger partial charge is 0.342 e. The van der Waals surface area contributed by atoms with E-state index in [9.17, 15) is 9.59 Å². The third-order valence-corrected chi connectivity index (χ3v) is 4.26. The predicted octanol–water partition coefficient (Wildman–Crippen LogP) is 2.04. The van der Waals surface area contributed by atoms with Crippen LogP contribution in [0.1, 0.15) is 51.9 Å². The van der Waals surface area contributed by atoms with Crippen molar-refractivity contribution in [1.29, 1.82) is 0 Å². The number of nitrogens with zero attached hydrogens (tertiary/aromatic N) is 2. The first-order chi connectivity index (χ1) is 9.22. The molecule has 2 saturated heterocycles. The van der Waals surface area contributed by atoms with Crippen molar-refractivity contribution in [2.45, 2.75) is 51.9 Å². The molecule has 2 aliphatic rings. The standard InChI is InChI=1S/C15H26N2O2/c1-2-3-8-17-12-13(11-14(17)18)15(19)16-9-6-4-5-7-10-16/h13H,2-12H2,1H3/t13-/m1/s1. The van der Waals surface area contributed by atoms with Gasteiger partial charge in [0.15, 0.2) is 0 Å². The molecule has 2 amide bonds. The number of hydrogen-bond donors (Lipinski definition) is 0. The van der Waals surface area contributed by atoms with E-state index in [0.29, 0.717) is 13.0 Å². The van der Waals surface area contributed by atoms with E-state index in [4.69, 9.17) is 0 Å². The summed E-state index contributed by atoms with van der Waals surface area (Å²) < 4.78 is 0. The third kappa shape index (κ3) is 3.71. The molecule has 0 bridgehead atoms. The molecule has 2 aliphatic heterocycles. The van der Waals surface area contributed by atoms with Crippen molar-refractivity contribution in [3.8, 4) is 0 Å². The minimum absolute atomic E-state index is 0.0811. The molecule has 0 aromatic carbocycles. The van der Waals surface area contributed by atoms with Crippen molar-refractivity contribution in [1.82, 2.24) is 9.80 Å². The van der Waals surface area contributed by atoms with Crippen LogP contribution in [0.3, 0.4) is 0 Å². The van der Waals surface area contributed by atoms with E-state index >= 15 is 0 Å². The van der Waals surface area contributed by atoms with Gasteiger partial charge in [0.25, 0.3) is 0 Å². The van der Waals surface area contributed by atoms with Crippen molar-refractivity contribution in [2.24, 2.45) is 5.92 Å². The smallest absolute Gasteiger partial charge is 0.227 e. The highest BCUT2D eigenvalue weighted by molar-refractivity contribution is 5.89. The van der Waals surface area contributed by atoms with Crippen LogP contribution >= 0.6 is 0 Å². The van der Waals surface area contributed by atoms with Crippen LogP contribution in [-0.4, -0.2) is 47.8 Å². The minimum Gasteiger partial charge on any atom is -0.342 e. The lowest BCUT2D eigenvalue weighted by Gasteiger charge is -2.23. The molecule has 0 aromatic heterocycles. The van der Waals surface area contributed by atoms with Gasteiger partial charge in [-0.05, 0) is 19.3 Å². The molecule has 0 unspecified atom stereocenters. The molecule has 2 heterocycles. The summed E-state index contributed by atoms with van der Waals surface area (Å²) >= 11 is 0. The Hall–Kier alpha value is -1.06. The number of carbonyl (C=O) groups is 2. The maximum atomic E-state index is 12.5. The van der Waals surface area contributed by atoms with Crippen molar-refractivity contribution in [3.05, 3.63) is 0 Å². The lowest BCUT2D eigenvalue weighted by molar-refractivity contribution is -0.135. The lowest BCUT2D eigenvalue weighted by Crippen LogP contribution is -2.38. The Bertz CT molecular complexity index is 322. The van der Waals surface area contributed by atoms with Crippen LogP contribution in [0.5, 0.6) is 0 Å². The van der Waals surface area contributed by atoms with Gasteiger partial charge >= 0.3 is 0 Å². The van der Waals surface area contributed by atoms with Crippen LogP contribution in [0.15, 0.2) is 0 Å². The Morgan fingerprint density at radius 1 is 1.21 bits per heavy atom. The number of hydrogen-bond acceptors (Lipinski definition) is 2. The van der Waals surface area contributed by atoms with Crippen LogP contribution in [0.25, 0.3) is 0 Å². The quantitative estimate of drug-likeness (QED) is 0.781. The monoisotopic (exact) mass is 266 g/mol. The van der Waals surface area contributed by atoms with Crippen molar-refractivity contribution in [3.63, 3.8) is 0 Å². The summed E-state index contributed by atoms with van der Waals surface area (Å²) in [5, 5.41) is 0. The highest BCUT2D eigenvalue weighted by atomic mass is 16.2. The molecule has 4 nitrogen and oxygen atoms in total. The van der Waals surface area contributed by atoms with Gasteiger partial charge in [-0.1, -0.05) is 26.2 Å². The first kappa shape index (κ1) is 14.4. The molecule has 2 fully saturated rings. The zero-order valence-corrected chi connectivity index (χ0v) is 12.1. The van der Waals surface area contributed by atoms with Gasteiger partial charge in [0, 0.05) is 32.6 Å². The second-order valence-electron chi connectivity index (χ2n) is 5.83. The second-order valence-corrected chi connectivity index (χ2v) is 5.83. The summed E-state index contributed by atoms with van der Waals surface area (Å²) in [6.07, 6.45) is 7.26. The lowest BCUT2D eigenvalue weighted by atomic mass is 10.1. The van der Waals surface area contributed by atoms with Crippen LogP contribution < -0.4 is 0 Å². The first-order valence-electron chi connectivity index (χ1n) is 7.79. The summed E-state index contributed by atoms with van der Waals surface area (Å²) in [6.45, 7) is 5.37. The number of carbonyl (C=O) groups excluding carboxylic acids is 2. The second kappa shape index (κ2) is 6.92. The van der Waals surface area contributed by atoms with E-state index in [0.717, 1.165) is 45.3 Å². The summed E-state index contributed by atoms with van der Waals surface area (Å²) in [7, 11) is 0. The molecule has 0 spiro atoms. The highest BCUT2D eigenvalue weighted by Crippen LogP contribution is 2.22. The number of rotatable bonds is 4. The first-order valence-corrected chi connectivity index (χ1v) is 7.79. The molecule has 0 N–H and O–H groups in total. The Balaban J connectivity index is 1.87. The zero-order valence-electron chi connectivity index (χ0n) is 12.1. The van der Waals surface area contributed by atoms with Gasteiger partial charge < -0.3 is 9.80 Å². The molecule has 0 saturated carbocycles. The van der Waals surface area contributed by atoms with Crippen LogP contribution in [0, 0.1) is 5.92 Å². The van der Waals surface area contributed by atoms with E-state index < -0.39 is 0 Å². The average Bonchev–Trinajstić information content (AvgIpc) is 2.64. The molecule has 2 rings (SSSR count). The van der Waals surface area contributed by atoms with E-state index in [-0.39, 0.29) is 17.7 Å². The molecule has 108 valence electrons. The van der Waals surface area contributed by atoms with Crippen LogP contribution in [0.4, 0.5) is 0 Å². The normalized spacial score (nSPS) is 24.7. The van der Waals surface area contributed by atoms with Gasteiger partial charge in [-0.25, -0.2) is 0 Å². The Morgan fingerprint density at radius 3 is 2.53 bits per heavy atom. The van der Waals surface area contributed by atoms with Crippen LogP contribution in [0.2, 0.25) is 0 Å². The Morgan fingerprint density at radius 2 is 1.89 bits per heavy atom. The molecular formula is C15H26N2O2. The summed E-state index contributed by atoms with van der Waals surface area (Å²) in [6, 6.07) is 0. The minimum atomic E-state index is -0.0811. The molecular weight excluding hydrogens is 240 g/mol. The van der Waals surface area contributed by atoms with Gasteiger partial charge in [0.05, 0.1) is 5.92 Å². The SMILES string of the molecule is CCCCN1C[C@H](C(=O)N2CCCCCC2)CC1=O. The maximum absolute atomic E-state index is 12.5. The fraction of sp³-hybridized carbons (Fsp3) is 0.867. The molecule has 19 heavy (non-hydrogen) atoms. The van der Waals surface area contributed by atoms with Gasteiger partial charge in [-0.15, -0.1) is 0 Å². The van der Waals surface area contributed by atoms with E-state index in [1.165, 1.54) is 12.8 Å². The maximum Gasteiger partial charge on any atom is 0.227 e. The summed E-state index contributed by atoms with van der Waals surface area (Å²) in [4.78, 5) is 28.2. The van der Waals surface area contributed by atoms with Crippen molar-refractivity contribution in [2.75, 3.05) is 26.2 Å². The average molecular weight is 266 g/mol. The summed E-state index contributed by atoms with van der Waals surface area (Å²) in [5.41, 5.74) is 0. The molecule has 0 radical (unpaired) electrons. The molecule has 0 aromatic rings. The van der Waals surface area contributed by atoms with Gasteiger partial charge in [0.2, 0.25) is 11.8 Å². The summed E-state index contributed by atoms with van der Waals surface area (Å²) in [5.74, 6) is 0.304. The zero-order chi connectivity index (χ0) is 13.7. The molecule has 0 aliphatic carbocycles.